The number of carbonyl (C=O) groups is 1. The monoisotopic (exact) mass is 252 g/mol. The van der Waals surface area contributed by atoms with E-state index in [2.05, 4.69) is 21.0 Å². The lowest BCUT2D eigenvalue weighted by Gasteiger charge is -1.96. The summed E-state index contributed by atoms with van der Waals surface area (Å²) in [5.41, 5.74) is 2.58. The van der Waals surface area contributed by atoms with E-state index in [-0.39, 0.29) is 0 Å². The second-order valence-corrected chi connectivity index (χ2v) is 4.08. The van der Waals surface area contributed by atoms with Crippen molar-refractivity contribution < 1.29 is 4.79 Å². The molecule has 0 fully saturated rings. The Morgan fingerprint density at radius 1 is 1.50 bits per heavy atom. The number of nitrogens with zero attached hydrogens (tertiary/aromatic N) is 2. The average Bonchev–Trinajstić information content (AvgIpc) is 2.43. The first-order valence-corrected chi connectivity index (χ1v) is 5.01. The number of aldehydes is 1. The Balaban J connectivity index is 2.89. The molecule has 0 amide bonds. The Morgan fingerprint density at radius 2 is 2.21 bits per heavy atom. The Bertz CT molecular complexity index is 516. The van der Waals surface area contributed by atoms with Gasteiger partial charge in [0.1, 0.15) is 6.29 Å². The number of fused-ring (bicyclic) bond motifs is 1. The fourth-order valence-corrected chi connectivity index (χ4v) is 2.27. The Hall–Kier alpha value is -1.16. The van der Waals surface area contributed by atoms with Crippen molar-refractivity contribution in [1.29, 1.82) is 0 Å². The van der Waals surface area contributed by atoms with Crippen LogP contribution >= 0.6 is 15.9 Å². The van der Waals surface area contributed by atoms with Gasteiger partial charge >= 0.3 is 0 Å². The van der Waals surface area contributed by atoms with Crippen LogP contribution in [0.5, 0.6) is 0 Å². The molecule has 1 aromatic heterocycles. The lowest BCUT2D eigenvalue weighted by Crippen LogP contribution is -1.91. The van der Waals surface area contributed by atoms with Crippen LogP contribution in [-0.4, -0.2) is 16.1 Å². The van der Waals surface area contributed by atoms with Crippen molar-refractivity contribution in [3.63, 3.8) is 0 Å². The van der Waals surface area contributed by atoms with E-state index in [1.807, 2.05) is 24.7 Å². The lowest BCUT2D eigenvalue weighted by atomic mass is 10.1. The maximum Gasteiger partial charge on any atom is 0.150 e. The van der Waals surface area contributed by atoms with Gasteiger partial charge < -0.3 is 0 Å². The zero-order chi connectivity index (χ0) is 10.3. The van der Waals surface area contributed by atoms with E-state index in [1.54, 1.807) is 6.07 Å². The number of benzene rings is 1. The zero-order valence-corrected chi connectivity index (χ0v) is 9.50. The smallest absolute Gasteiger partial charge is 0.150 e. The molecule has 0 N–H and O–H groups in total. The van der Waals surface area contributed by atoms with Gasteiger partial charge in [-0.2, -0.15) is 5.10 Å². The van der Waals surface area contributed by atoms with Crippen molar-refractivity contribution in [3.8, 4) is 0 Å². The second-order valence-electron chi connectivity index (χ2n) is 3.22. The van der Waals surface area contributed by atoms with Crippen molar-refractivity contribution in [2.75, 3.05) is 0 Å². The van der Waals surface area contributed by atoms with Crippen LogP contribution in [0.3, 0.4) is 0 Å². The zero-order valence-electron chi connectivity index (χ0n) is 7.91. The van der Waals surface area contributed by atoms with Crippen LogP contribution in [0.1, 0.15) is 16.1 Å². The van der Waals surface area contributed by atoms with Crippen molar-refractivity contribution in [2.24, 2.45) is 7.05 Å². The SMILES string of the molecule is Cc1c2c(Br)cc(C=O)cc2nn1C. The molecule has 72 valence electrons. The summed E-state index contributed by atoms with van der Waals surface area (Å²) in [6, 6.07) is 3.60. The number of hydrogen-bond donors (Lipinski definition) is 0. The van der Waals surface area contributed by atoms with Gasteiger partial charge in [-0.3, -0.25) is 9.48 Å². The van der Waals surface area contributed by atoms with Gasteiger partial charge in [-0.15, -0.1) is 0 Å². The molecule has 0 atom stereocenters. The molecule has 0 saturated heterocycles. The summed E-state index contributed by atoms with van der Waals surface area (Å²) in [5.74, 6) is 0. The predicted octanol–water partition coefficient (Wildman–Crippen LogP) is 2.46. The van der Waals surface area contributed by atoms with Crippen LogP contribution in [0.15, 0.2) is 16.6 Å². The summed E-state index contributed by atoms with van der Waals surface area (Å²) < 4.78 is 2.73. The predicted molar refractivity (Wildman–Crippen MR) is 58.5 cm³/mol. The third-order valence-corrected chi connectivity index (χ3v) is 2.96. The van der Waals surface area contributed by atoms with Gasteiger partial charge in [0.2, 0.25) is 0 Å². The van der Waals surface area contributed by atoms with Crippen molar-refractivity contribution in [1.82, 2.24) is 9.78 Å². The molecule has 0 aliphatic heterocycles. The highest BCUT2D eigenvalue weighted by Crippen LogP contribution is 2.27. The van der Waals surface area contributed by atoms with E-state index in [4.69, 9.17) is 0 Å². The average molecular weight is 253 g/mol. The van der Waals surface area contributed by atoms with Crippen LogP contribution in [0, 0.1) is 6.92 Å². The maximum absolute atomic E-state index is 10.6. The highest BCUT2D eigenvalue weighted by Gasteiger charge is 2.09. The molecule has 0 spiro atoms. The minimum absolute atomic E-state index is 0.641. The van der Waals surface area contributed by atoms with Crippen molar-refractivity contribution in [3.05, 3.63) is 27.9 Å². The minimum atomic E-state index is 0.641. The van der Waals surface area contributed by atoms with Gasteiger partial charge in [0.15, 0.2) is 0 Å². The molecular weight excluding hydrogens is 244 g/mol. The first-order valence-electron chi connectivity index (χ1n) is 4.21. The van der Waals surface area contributed by atoms with Crippen LogP contribution in [0.25, 0.3) is 10.9 Å². The molecule has 0 aliphatic carbocycles. The quantitative estimate of drug-likeness (QED) is 0.731. The topological polar surface area (TPSA) is 34.9 Å². The Morgan fingerprint density at radius 3 is 2.86 bits per heavy atom. The van der Waals surface area contributed by atoms with E-state index in [1.165, 1.54) is 0 Å². The van der Waals surface area contributed by atoms with Crippen molar-refractivity contribution in [2.45, 2.75) is 6.92 Å². The van der Waals surface area contributed by atoms with Crippen LogP contribution in [0.4, 0.5) is 0 Å². The van der Waals surface area contributed by atoms with Gasteiger partial charge in [-0.25, -0.2) is 0 Å². The van der Waals surface area contributed by atoms with E-state index in [0.717, 1.165) is 27.4 Å². The molecule has 0 aliphatic rings. The first-order chi connectivity index (χ1) is 6.63. The number of carbonyl (C=O) groups excluding carboxylic acids is 1. The minimum Gasteiger partial charge on any atom is -0.298 e. The highest BCUT2D eigenvalue weighted by atomic mass is 79.9. The largest absolute Gasteiger partial charge is 0.298 e. The maximum atomic E-state index is 10.6. The van der Waals surface area contributed by atoms with Crippen molar-refractivity contribution >= 4 is 33.1 Å². The van der Waals surface area contributed by atoms with Gasteiger partial charge in [0.05, 0.1) is 5.52 Å². The molecule has 2 aromatic rings. The molecule has 0 unspecified atom stereocenters. The Labute approximate surface area is 89.8 Å². The fourth-order valence-electron chi connectivity index (χ4n) is 1.52. The third-order valence-electron chi connectivity index (χ3n) is 2.33. The highest BCUT2D eigenvalue weighted by molar-refractivity contribution is 9.10. The Kier molecular flexibility index (Phi) is 2.15. The summed E-state index contributed by atoms with van der Waals surface area (Å²) >= 11 is 3.44. The molecule has 3 nitrogen and oxygen atoms in total. The molecule has 1 heterocycles. The van der Waals surface area contributed by atoms with E-state index < -0.39 is 0 Å². The molecule has 0 saturated carbocycles. The summed E-state index contributed by atoms with van der Waals surface area (Å²) in [6.07, 6.45) is 0.828. The molecule has 14 heavy (non-hydrogen) atoms. The first kappa shape index (κ1) is 9.40. The standard InChI is InChI=1S/C10H9BrN2O/c1-6-10-8(11)3-7(5-14)4-9(10)12-13(6)2/h3-5H,1-2H3. The number of aryl methyl sites for hydroxylation is 2. The number of halogens is 1. The van der Waals surface area contributed by atoms with Crippen LogP contribution < -0.4 is 0 Å². The number of rotatable bonds is 1. The van der Waals surface area contributed by atoms with E-state index in [9.17, 15) is 4.79 Å². The fraction of sp³-hybridized carbons (Fsp3) is 0.200. The van der Waals surface area contributed by atoms with Gasteiger partial charge in [0, 0.05) is 28.2 Å². The van der Waals surface area contributed by atoms with E-state index in [0.29, 0.717) is 5.56 Å². The second kappa shape index (κ2) is 3.20. The third kappa shape index (κ3) is 1.26. The molecular formula is C10H9BrN2O. The van der Waals surface area contributed by atoms with Gasteiger partial charge in [-0.05, 0) is 19.1 Å². The van der Waals surface area contributed by atoms with Gasteiger partial charge in [0.25, 0.3) is 0 Å². The normalized spacial score (nSPS) is 10.8. The molecule has 1 aromatic carbocycles. The molecule has 0 bridgehead atoms. The number of aromatic nitrogens is 2. The summed E-state index contributed by atoms with van der Waals surface area (Å²) in [4.78, 5) is 10.6. The summed E-state index contributed by atoms with van der Waals surface area (Å²) in [6.45, 7) is 2.00. The molecule has 0 radical (unpaired) electrons. The lowest BCUT2D eigenvalue weighted by molar-refractivity contribution is 0.112. The summed E-state index contributed by atoms with van der Waals surface area (Å²) in [7, 11) is 1.89. The molecule has 2 rings (SSSR count). The summed E-state index contributed by atoms with van der Waals surface area (Å²) in [5, 5.41) is 5.38. The molecule has 4 heteroatoms. The van der Waals surface area contributed by atoms with Crippen LogP contribution in [0.2, 0.25) is 0 Å². The number of hydrogen-bond acceptors (Lipinski definition) is 2. The van der Waals surface area contributed by atoms with E-state index >= 15 is 0 Å². The van der Waals surface area contributed by atoms with Gasteiger partial charge in [-0.1, -0.05) is 15.9 Å². The van der Waals surface area contributed by atoms with Crippen LogP contribution in [-0.2, 0) is 7.05 Å².